The molecule has 0 atom stereocenters. The summed E-state index contributed by atoms with van der Waals surface area (Å²) in [5, 5.41) is 0.659. The van der Waals surface area contributed by atoms with Gasteiger partial charge in [0.1, 0.15) is 0 Å². The van der Waals surface area contributed by atoms with Crippen molar-refractivity contribution < 1.29 is 79.0 Å². The molecule has 13 rings (SSSR count). The Morgan fingerprint density at radius 2 is 0.396 bits per heavy atom. The number of H-pyrrole nitrogens is 4. The van der Waals surface area contributed by atoms with Gasteiger partial charge in [-0.3, -0.25) is 0 Å². The standard InChI is InChI=1S/C72H40F18N6/c73-67(74,75)43-13-1-37(2-14-43)61-49-25-27-51(91-49)62(38-3-15-44(16-4-38)68(76,77)78)53-29-31-55(93-53)64(40-7-19-46(20-8-40)70(82,83)84)57-33-35-59(95-57)66(42-11-23-48(24-12-42)72(88,89)90)60-36-34-58(96-60)65(41-9-21-47(22-10-41)71(85,86)87)56-32-30-54(94-56)63(52-28-26-50(61)92-52)39-5-17-45(18-6-39)69(79,80)81/h1-36,91-92,95-96H. The summed E-state index contributed by atoms with van der Waals surface area (Å²) in [4.78, 5) is 23.1. The first-order valence-electron chi connectivity index (χ1n) is 28.7. The lowest BCUT2D eigenvalue weighted by molar-refractivity contribution is -0.138. The minimum Gasteiger partial charge on any atom is -0.354 e. The molecular formula is C72H40F18N6. The number of rotatable bonds is 6. The monoisotopic (exact) mass is 1330 g/mol. The maximum atomic E-state index is 14.2. The van der Waals surface area contributed by atoms with Gasteiger partial charge in [0.15, 0.2) is 0 Å². The van der Waals surface area contributed by atoms with Crippen molar-refractivity contribution in [3.63, 3.8) is 0 Å². The SMILES string of the molecule is FC(F)(F)c1ccc(C2=C3C=CC(=N3)C(c3ccc(C(F)(F)F)cc3)=c3ccc([nH]3)=C(c3ccc(C(F)(F)F)cc3)c3ccc([nH]3)C(c3ccc(C(F)(F)F)cc3)=C3C=CC(=N3)C(c3ccc(C(F)(F)F)cc3)=c3ccc([nH]3)=C(c3ccc(C(F)(F)F)cc3)c3ccc2[nH]3)cc1. The lowest BCUT2D eigenvalue weighted by Crippen LogP contribution is -2.20. The maximum Gasteiger partial charge on any atom is 0.416 e. The highest BCUT2D eigenvalue weighted by molar-refractivity contribution is 6.31. The Bertz CT molecular complexity index is 4840. The summed E-state index contributed by atoms with van der Waals surface area (Å²) in [7, 11) is 0. The fraction of sp³-hybridized carbons (Fsp3) is 0.0833. The van der Waals surface area contributed by atoms with Crippen LogP contribution < -0.4 is 21.4 Å². The first kappa shape index (κ1) is 63.7. The van der Waals surface area contributed by atoms with Crippen molar-refractivity contribution in [2.75, 3.05) is 0 Å². The molecule has 4 aromatic heterocycles. The molecule has 0 saturated carbocycles. The van der Waals surface area contributed by atoms with E-state index in [1.807, 2.05) is 0 Å². The van der Waals surface area contributed by atoms with Gasteiger partial charge in [-0.15, -0.1) is 0 Å². The van der Waals surface area contributed by atoms with Gasteiger partial charge in [-0.25, -0.2) is 9.98 Å². The van der Waals surface area contributed by atoms with Gasteiger partial charge < -0.3 is 19.9 Å². The Morgan fingerprint density at radius 3 is 0.625 bits per heavy atom. The number of allylic oxidation sites excluding steroid dienone is 4. The Hall–Kier alpha value is -11.0. The van der Waals surface area contributed by atoms with Crippen LogP contribution in [0.2, 0.25) is 0 Å². The highest BCUT2D eigenvalue weighted by Crippen LogP contribution is 2.41. The van der Waals surface area contributed by atoms with Crippen molar-refractivity contribution in [3.8, 4) is 0 Å². The van der Waals surface area contributed by atoms with E-state index in [2.05, 4.69) is 19.9 Å². The van der Waals surface area contributed by atoms with E-state index in [0.717, 1.165) is 72.8 Å². The number of fused-ring (bicyclic) bond motifs is 10. The summed E-state index contributed by atoms with van der Waals surface area (Å²) >= 11 is 0. The number of hydrogen-bond acceptors (Lipinski definition) is 2. The van der Waals surface area contributed by atoms with Crippen LogP contribution >= 0.6 is 0 Å². The predicted molar refractivity (Wildman–Crippen MR) is 324 cm³/mol. The van der Waals surface area contributed by atoms with E-state index in [1.165, 1.54) is 146 Å². The highest BCUT2D eigenvalue weighted by atomic mass is 19.4. The Balaban J connectivity index is 1.16. The van der Waals surface area contributed by atoms with Crippen LogP contribution in [-0.4, -0.2) is 31.4 Å². The smallest absolute Gasteiger partial charge is 0.354 e. The molecule has 7 heterocycles. The summed E-state index contributed by atoms with van der Waals surface area (Å²) in [6, 6.07) is 36.2. The van der Waals surface area contributed by atoms with Gasteiger partial charge >= 0.3 is 37.1 Å². The molecule has 0 spiro atoms. The van der Waals surface area contributed by atoms with E-state index < -0.39 is 70.4 Å². The molecule has 0 radical (unpaired) electrons. The molecule has 3 aliphatic heterocycles. The van der Waals surface area contributed by atoms with E-state index in [-0.39, 0.29) is 134 Å². The second-order valence-corrected chi connectivity index (χ2v) is 22.3. The minimum absolute atomic E-state index is 0.0652. The van der Waals surface area contributed by atoms with E-state index in [1.54, 1.807) is 0 Å². The molecule has 24 heteroatoms. The minimum atomic E-state index is -4.80. The van der Waals surface area contributed by atoms with Crippen LogP contribution in [0.25, 0.3) is 33.4 Å². The third-order valence-electron chi connectivity index (χ3n) is 16.2. The van der Waals surface area contributed by atoms with Crippen molar-refractivity contribution in [3.05, 3.63) is 341 Å². The van der Waals surface area contributed by atoms with Gasteiger partial charge in [-0.05, 0) is 179 Å². The Morgan fingerprint density at radius 1 is 0.198 bits per heavy atom. The molecule has 484 valence electrons. The van der Waals surface area contributed by atoms with Crippen LogP contribution in [-0.2, 0) is 37.1 Å². The summed E-state index contributed by atoms with van der Waals surface area (Å²) in [5.41, 5.74) is -3.48. The summed E-state index contributed by atoms with van der Waals surface area (Å²) in [6.45, 7) is 0. The number of halogens is 18. The molecule has 6 nitrogen and oxygen atoms in total. The number of hydrogen-bond donors (Lipinski definition) is 4. The summed E-state index contributed by atoms with van der Waals surface area (Å²) < 4.78 is 256. The van der Waals surface area contributed by atoms with Crippen LogP contribution in [0.1, 0.15) is 89.5 Å². The molecule has 0 amide bonds. The number of alkyl halides is 18. The molecule has 6 aromatic carbocycles. The zero-order valence-corrected chi connectivity index (χ0v) is 48.5. The molecule has 96 heavy (non-hydrogen) atoms. The average Bonchev–Trinajstić information content (AvgIpc) is 1.61. The third kappa shape index (κ3) is 12.5. The Labute approximate surface area is 529 Å². The van der Waals surface area contributed by atoms with Crippen LogP contribution in [0.15, 0.2) is 240 Å². The van der Waals surface area contributed by atoms with Gasteiger partial charge in [-0.1, -0.05) is 72.8 Å². The molecule has 10 aromatic rings. The average molecular weight is 1330 g/mol. The molecule has 0 saturated heterocycles. The van der Waals surface area contributed by atoms with Crippen molar-refractivity contribution in [2.45, 2.75) is 37.1 Å². The number of aromatic nitrogens is 4. The quantitative estimate of drug-likeness (QED) is 0.120. The second-order valence-electron chi connectivity index (χ2n) is 22.3. The first-order valence-corrected chi connectivity index (χ1v) is 28.7. The highest BCUT2D eigenvalue weighted by Gasteiger charge is 2.36. The zero-order valence-electron chi connectivity index (χ0n) is 48.5. The van der Waals surface area contributed by atoms with E-state index in [4.69, 9.17) is 9.98 Å². The Kier molecular flexibility index (Phi) is 15.6. The van der Waals surface area contributed by atoms with Crippen LogP contribution in [0.3, 0.4) is 0 Å². The van der Waals surface area contributed by atoms with Crippen molar-refractivity contribution in [2.24, 2.45) is 9.98 Å². The molecule has 0 unspecified atom stereocenters. The summed E-state index contributed by atoms with van der Waals surface area (Å²) in [5.74, 6) is 0. The maximum absolute atomic E-state index is 14.2. The summed E-state index contributed by atoms with van der Waals surface area (Å²) in [6.07, 6.45) is -22.8. The predicted octanol–water partition coefficient (Wildman–Crippen LogP) is 17.3. The molecule has 0 aliphatic carbocycles. The third-order valence-corrected chi connectivity index (χ3v) is 16.2. The molecular weight excluding hydrogens is 1290 g/mol. The van der Waals surface area contributed by atoms with E-state index >= 15 is 0 Å². The lowest BCUT2D eigenvalue weighted by Gasteiger charge is -2.13. The second kappa shape index (κ2) is 23.5. The van der Waals surface area contributed by atoms with Gasteiger partial charge in [0, 0.05) is 77.6 Å². The largest absolute Gasteiger partial charge is 0.416 e. The van der Waals surface area contributed by atoms with Crippen LogP contribution in [0.5, 0.6) is 0 Å². The number of benzene rings is 6. The van der Waals surface area contributed by atoms with Crippen molar-refractivity contribution in [1.29, 1.82) is 0 Å². The van der Waals surface area contributed by atoms with Gasteiger partial charge in [0.05, 0.1) is 56.2 Å². The fourth-order valence-electron chi connectivity index (χ4n) is 11.7. The van der Waals surface area contributed by atoms with Gasteiger partial charge in [-0.2, -0.15) is 79.0 Å². The molecule has 4 N–H and O–H groups in total. The van der Waals surface area contributed by atoms with Crippen molar-refractivity contribution >= 4 is 44.9 Å². The first-order chi connectivity index (χ1) is 45.3. The topological polar surface area (TPSA) is 87.9 Å². The molecule has 12 bridgehead atoms. The van der Waals surface area contributed by atoms with Crippen LogP contribution in [0.4, 0.5) is 79.0 Å². The van der Waals surface area contributed by atoms with Gasteiger partial charge in [0.2, 0.25) is 0 Å². The van der Waals surface area contributed by atoms with Crippen LogP contribution in [0, 0.1) is 0 Å². The van der Waals surface area contributed by atoms with E-state index in [0.29, 0.717) is 0 Å². The lowest BCUT2D eigenvalue weighted by atomic mass is 9.99. The molecule has 3 aliphatic rings. The number of nitrogens with zero attached hydrogens (tertiary/aromatic N) is 2. The number of aliphatic imine (C=N–C) groups is 2. The number of nitrogens with one attached hydrogen (secondary N) is 4. The van der Waals surface area contributed by atoms with E-state index in [9.17, 15) is 79.0 Å². The molecule has 0 fully saturated rings. The van der Waals surface area contributed by atoms with Gasteiger partial charge in [0.25, 0.3) is 0 Å². The normalized spacial score (nSPS) is 15.1. The number of aromatic amines is 4. The zero-order chi connectivity index (χ0) is 68.0. The fourth-order valence-corrected chi connectivity index (χ4v) is 11.7. The van der Waals surface area contributed by atoms with Crippen molar-refractivity contribution in [1.82, 2.24) is 19.9 Å².